The van der Waals surface area contributed by atoms with Crippen LogP contribution in [-0.2, 0) is 0 Å². The summed E-state index contributed by atoms with van der Waals surface area (Å²) in [7, 11) is 0. The highest BCUT2D eigenvalue weighted by molar-refractivity contribution is 4.89. The minimum absolute atomic E-state index is 0.0212. The second-order valence-corrected chi connectivity index (χ2v) is 3.95. The molecule has 4 heteroatoms. The molecular formula is C8H16NO3+. The predicted octanol–water partition coefficient (Wildman–Crippen LogP) is -2.66. The Morgan fingerprint density at radius 3 is 2.17 bits per heavy atom. The summed E-state index contributed by atoms with van der Waals surface area (Å²) in [6.45, 7) is 1.82. The molecule has 1 atom stereocenters. The summed E-state index contributed by atoms with van der Waals surface area (Å²) in [6, 6.07) is -0.384. The number of piperidine rings is 3. The van der Waals surface area contributed by atoms with Gasteiger partial charge in [0.15, 0.2) is 6.04 Å². The molecular weight excluding hydrogens is 158 g/mol. The Kier molecular flexibility index (Phi) is 1.88. The minimum Gasteiger partial charge on any atom is -0.390 e. The molecule has 3 saturated heterocycles. The van der Waals surface area contributed by atoms with Crippen LogP contribution >= 0.6 is 0 Å². The van der Waals surface area contributed by atoms with E-state index >= 15 is 0 Å². The number of aliphatic hydroxyl groups excluding tert-OH is 1. The first-order valence-electron chi connectivity index (χ1n) is 4.56. The second-order valence-electron chi connectivity index (χ2n) is 3.95. The molecule has 0 spiro atoms. The van der Waals surface area contributed by atoms with Crippen LogP contribution in [0.2, 0.25) is 0 Å². The molecule has 70 valence electrons. The summed E-state index contributed by atoms with van der Waals surface area (Å²) in [5.74, 6) is -1.65. The highest BCUT2D eigenvalue weighted by atomic mass is 16.5. The molecule has 3 heterocycles. The van der Waals surface area contributed by atoms with Crippen molar-refractivity contribution >= 4 is 0 Å². The molecule has 0 amide bonds. The van der Waals surface area contributed by atoms with Crippen molar-refractivity contribution in [3.05, 3.63) is 0 Å². The quantitative estimate of drug-likeness (QED) is 0.328. The van der Waals surface area contributed by atoms with Crippen LogP contribution < -0.4 is 4.90 Å². The van der Waals surface area contributed by atoms with Crippen molar-refractivity contribution in [3.63, 3.8) is 0 Å². The third kappa shape index (κ3) is 0.992. The van der Waals surface area contributed by atoms with Gasteiger partial charge in [-0.3, -0.25) is 0 Å². The van der Waals surface area contributed by atoms with Crippen LogP contribution in [0.3, 0.4) is 0 Å². The van der Waals surface area contributed by atoms with Gasteiger partial charge in [0.25, 0.3) is 0 Å². The number of rotatable bonds is 1. The maximum atomic E-state index is 9.70. The molecule has 0 unspecified atom stereocenters. The van der Waals surface area contributed by atoms with Crippen molar-refractivity contribution in [3.8, 4) is 0 Å². The Morgan fingerprint density at radius 2 is 1.83 bits per heavy atom. The van der Waals surface area contributed by atoms with Gasteiger partial charge >= 0.3 is 0 Å². The Hall–Kier alpha value is -0.160. The highest BCUT2D eigenvalue weighted by Gasteiger charge is 2.55. The summed E-state index contributed by atoms with van der Waals surface area (Å²) in [5.41, 5.74) is 0. The standard InChI is InChI=1S/C8H15NO3/c10-5-7-8(11,12)6-1-3-9(7)4-2-6/h6-7,10-12H,1-5H2/p+1/t7-/m1/s1. The van der Waals surface area contributed by atoms with Crippen molar-refractivity contribution in [1.82, 2.24) is 0 Å². The van der Waals surface area contributed by atoms with E-state index in [1.807, 2.05) is 0 Å². The van der Waals surface area contributed by atoms with Gasteiger partial charge in [0, 0.05) is 18.8 Å². The largest absolute Gasteiger partial charge is 0.390 e. The molecule has 2 bridgehead atoms. The van der Waals surface area contributed by atoms with Crippen LogP contribution in [0.1, 0.15) is 12.8 Å². The van der Waals surface area contributed by atoms with E-state index < -0.39 is 5.79 Å². The lowest BCUT2D eigenvalue weighted by Crippen LogP contribution is -3.22. The van der Waals surface area contributed by atoms with Crippen molar-refractivity contribution in [2.24, 2.45) is 5.92 Å². The van der Waals surface area contributed by atoms with E-state index in [0.717, 1.165) is 30.8 Å². The van der Waals surface area contributed by atoms with E-state index in [0.29, 0.717) is 0 Å². The zero-order valence-corrected chi connectivity index (χ0v) is 7.03. The molecule has 12 heavy (non-hydrogen) atoms. The number of hydrogen-bond acceptors (Lipinski definition) is 3. The maximum Gasteiger partial charge on any atom is 0.222 e. The zero-order valence-electron chi connectivity index (χ0n) is 7.03. The van der Waals surface area contributed by atoms with Gasteiger partial charge in [-0.1, -0.05) is 0 Å². The van der Waals surface area contributed by atoms with Gasteiger partial charge in [-0.25, -0.2) is 0 Å². The van der Waals surface area contributed by atoms with E-state index in [9.17, 15) is 10.2 Å². The summed E-state index contributed by atoms with van der Waals surface area (Å²) in [4.78, 5) is 1.14. The molecule has 0 aromatic carbocycles. The fraction of sp³-hybridized carbons (Fsp3) is 1.00. The van der Waals surface area contributed by atoms with Gasteiger partial charge in [-0.2, -0.15) is 0 Å². The molecule has 3 aliphatic heterocycles. The average Bonchev–Trinajstić information content (AvgIpc) is 2.05. The van der Waals surface area contributed by atoms with E-state index in [1.54, 1.807) is 0 Å². The molecule has 3 rings (SSSR count). The van der Waals surface area contributed by atoms with Crippen molar-refractivity contribution in [2.75, 3.05) is 19.7 Å². The van der Waals surface area contributed by atoms with Crippen molar-refractivity contribution in [1.29, 1.82) is 0 Å². The normalized spacial score (nSPS) is 44.8. The lowest BCUT2D eigenvalue weighted by Gasteiger charge is -2.49. The Morgan fingerprint density at radius 1 is 1.25 bits per heavy atom. The molecule has 4 nitrogen and oxygen atoms in total. The van der Waals surface area contributed by atoms with E-state index in [4.69, 9.17) is 5.11 Å². The molecule has 0 radical (unpaired) electrons. The van der Waals surface area contributed by atoms with Crippen LogP contribution in [0.25, 0.3) is 0 Å². The molecule has 3 aliphatic rings. The Balaban J connectivity index is 2.21. The van der Waals surface area contributed by atoms with E-state index in [-0.39, 0.29) is 18.6 Å². The summed E-state index contributed by atoms with van der Waals surface area (Å²) in [6.07, 6.45) is 1.75. The second kappa shape index (κ2) is 2.67. The Bertz CT molecular complexity index is 175. The number of fused-ring (bicyclic) bond motifs is 3. The first kappa shape index (κ1) is 8.44. The minimum atomic E-state index is -1.62. The fourth-order valence-electron chi connectivity index (χ4n) is 2.61. The summed E-state index contributed by atoms with van der Waals surface area (Å²) < 4.78 is 0. The summed E-state index contributed by atoms with van der Waals surface area (Å²) in [5, 5.41) is 28.4. The van der Waals surface area contributed by atoms with Crippen LogP contribution in [0.15, 0.2) is 0 Å². The maximum absolute atomic E-state index is 9.70. The van der Waals surface area contributed by atoms with Gasteiger partial charge in [-0.05, 0) is 0 Å². The number of aliphatic hydroxyl groups is 3. The third-order valence-corrected chi connectivity index (χ3v) is 3.42. The molecule has 0 aromatic heterocycles. The van der Waals surface area contributed by atoms with E-state index in [2.05, 4.69) is 0 Å². The van der Waals surface area contributed by atoms with E-state index in [1.165, 1.54) is 0 Å². The average molecular weight is 174 g/mol. The van der Waals surface area contributed by atoms with Gasteiger partial charge in [0.05, 0.1) is 13.1 Å². The zero-order chi connectivity index (χ0) is 8.77. The fourth-order valence-corrected chi connectivity index (χ4v) is 2.61. The number of nitrogens with one attached hydrogen (secondary N) is 1. The van der Waals surface area contributed by atoms with Crippen LogP contribution in [0.5, 0.6) is 0 Å². The highest BCUT2D eigenvalue weighted by Crippen LogP contribution is 2.29. The summed E-state index contributed by atoms with van der Waals surface area (Å²) >= 11 is 0. The van der Waals surface area contributed by atoms with Gasteiger partial charge < -0.3 is 20.2 Å². The Labute approximate surface area is 71.4 Å². The predicted molar refractivity (Wildman–Crippen MR) is 41.5 cm³/mol. The first-order chi connectivity index (χ1) is 5.66. The first-order valence-corrected chi connectivity index (χ1v) is 4.56. The molecule has 4 N–H and O–H groups in total. The lowest BCUT2D eigenvalue weighted by molar-refractivity contribution is -0.958. The number of quaternary nitrogens is 1. The van der Waals surface area contributed by atoms with Crippen LogP contribution in [0, 0.1) is 5.92 Å². The van der Waals surface area contributed by atoms with Crippen molar-refractivity contribution in [2.45, 2.75) is 24.7 Å². The smallest absolute Gasteiger partial charge is 0.222 e. The van der Waals surface area contributed by atoms with Crippen LogP contribution in [-0.4, -0.2) is 46.8 Å². The number of hydrogen-bond donors (Lipinski definition) is 4. The molecule has 0 saturated carbocycles. The van der Waals surface area contributed by atoms with Crippen molar-refractivity contribution < 1.29 is 20.2 Å². The monoisotopic (exact) mass is 174 g/mol. The van der Waals surface area contributed by atoms with Gasteiger partial charge in [0.2, 0.25) is 5.79 Å². The van der Waals surface area contributed by atoms with Gasteiger partial charge in [-0.15, -0.1) is 0 Å². The van der Waals surface area contributed by atoms with Gasteiger partial charge in [0.1, 0.15) is 6.61 Å². The van der Waals surface area contributed by atoms with Crippen LogP contribution in [0.4, 0.5) is 0 Å². The lowest BCUT2D eigenvalue weighted by atomic mass is 9.78. The molecule has 0 aliphatic carbocycles. The third-order valence-electron chi connectivity index (χ3n) is 3.42. The molecule has 3 fully saturated rings. The SMILES string of the molecule is OC[C@H]1[NH+]2CCC(CC2)C1(O)O. The topological polar surface area (TPSA) is 65.1 Å². The molecule has 0 aromatic rings.